The lowest BCUT2D eigenvalue weighted by Gasteiger charge is -2.17. The predicted molar refractivity (Wildman–Crippen MR) is 120 cm³/mol. The van der Waals surface area contributed by atoms with Crippen LogP contribution in [-0.4, -0.2) is 42.8 Å². The summed E-state index contributed by atoms with van der Waals surface area (Å²) in [7, 11) is 2.24. The van der Waals surface area contributed by atoms with Gasteiger partial charge in [0.1, 0.15) is 0 Å². The summed E-state index contributed by atoms with van der Waals surface area (Å²) in [5.41, 5.74) is 0.906. The normalized spacial score (nSPS) is 11.5. The van der Waals surface area contributed by atoms with Crippen molar-refractivity contribution in [2.45, 2.75) is 23.1 Å². The van der Waals surface area contributed by atoms with Crippen LogP contribution in [0.1, 0.15) is 18.9 Å². The van der Waals surface area contributed by atoms with E-state index in [1.807, 2.05) is 6.07 Å². The molecule has 0 aliphatic carbocycles. The van der Waals surface area contributed by atoms with Gasteiger partial charge in [-0.25, -0.2) is 9.59 Å². The van der Waals surface area contributed by atoms with Gasteiger partial charge in [0.25, 0.3) is 0 Å². The lowest BCUT2D eigenvalue weighted by atomic mass is 10.2. The maximum atomic E-state index is 13.0. The van der Waals surface area contributed by atoms with Crippen LogP contribution in [0.3, 0.4) is 0 Å². The molecule has 0 radical (unpaired) electrons. The van der Waals surface area contributed by atoms with Crippen LogP contribution < -0.4 is 16.0 Å². The standard InChI is InChI=1S/C21H21N5O6S/c1-4-18(27)23-17-11-15(33(30)14-7-5-13(12-22)6-8-14)9-10-16(17)24-19(25-20(28)31-2)26-21(29)32-3/h5-11H,4H2,1-3H3,(H,23,27)(H2,24,25,26,28,29). The number of amides is 3. The molecule has 1 atom stereocenters. The van der Waals surface area contributed by atoms with Gasteiger partial charge in [0, 0.05) is 23.7 Å². The largest absolute Gasteiger partial charge is 0.606 e. The first-order chi connectivity index (χ1) is 15.8. The van der Waals surface area contributed by atoms with Gasteiger partial charge in [0.2, 0.25) is 11.9 Å². The summed E-state index contributed by atoms with van der Waals surface area (Å²) in [4.78, 5) is 39.6. The Kier molecular flexibility index (Phi) is 9.22. The number of aliphatic imine (C=N–C) groups is 1. The van der Waals surface area contributed by atoms with Gasteiger partial charge >= 0.3 is 12.2 Å². The zero-order valence-electron chi connectivity index (χ0n) is 18.0. The van der Waals surface area contributed by atoms with Crippen molar-refractivity contribution in [3.05, 3.63) is 48.0 Å². The van der Waals surface area contributed by atoms with E-state index in [0.29, 0.717) is 15.4 Å². The molecule has 0 heterocycles. The Morgan fingerprint density at radius 2 is 1.70 bits per heavy atom. The minimum atomic E-state index is -1.61. The Morgan fingerprint density at radius 1 is 1.03 bits per heavy atom. The number of ether oxygens (including phenoxy) is 2. The molecule has 12 heteroatoms. The number of carbonyl (C=O) groups excluding carboxylic acids is 3. The van der Waals surface area contributed by atoms with Gasteiger partial charge in [-0.15, -0.1) is 4.99 Å². The van der Waals surface area contributed by atoms with E-state index in [-0.39, 0.29) is 29.7 Å². The number of nitrogens with zero attached hydrogens (tertiary/aromatic N) is 2. The molecule has 172 valence electrons. The Bertz CT molecular complexity index is 1100. The summed E-state index contributed by atoms with van der Waals surface area (Å²) < 4.78 is 22.0. The van der Waals surface area contributed by atoms with Crippen molar-refractivity contribution in [1.29, 1.82) is 5.26 Å². The van der Waals surface area contributed by atoms with E-state index in [9.17, 15) is 18.9 Å². The van der Waals surface area contributed by atoms with Crippen LogP contribution in [0.15, 0.2) is 57.2 Å². The van der Waals surface area contributed by atoms with Crippen molar-refractivity contribution in [3.63, 3.8) is 0 Å². The molecule has 3 N–H and O–H groups in total. The van der Waals surface area contributed by atoms with Crippen LogP contribution in [0.4, 0.5) is 21.0 Å². The number of methoxy groups -OCH3 is 2. The van der Waals surface area contributed by atoms with E-state index < -0.39 is 23.4 Å². The minimum absolute atomic E-state index is 0.173. The van der Waals surface area contributed by atoms with Gasteiger partial charge < -0.3 is 24.7 Å². The average Bonchev–Trinajstić information content (AvgIpc) is 2.84. The highest BCUT2D eigenvalue weighted by Crippen LogP contribution is 2.29. The molecule has 1 unspecified atom stereocenters. The molecular weight excluding hydrogens is 450 g/mol. The molecule has 0 bridgehead atoms. The maximum absolute atomic E-state index is 13.0. The molecular formula is C21H21N5O6S. The molecule has 2 rings (SSSR count). The highest BCUT2D eigenvalue weighted by molar-refractivity contribution is 7.91. The number of nitriles is 1. The number of alkyl carbamates (subject to hydrolysis) is 1. The van der Waals surface area contributed by atoms with E-state index in [4.69, 9.17) is 5.26 Å². The summed E-state index contributed by atoms with van der Waals surface area (Å²) in [5.74, 6) is -0.645. The first kappa shape index (κ1) is 25.2. The van der Waals surface area contributed by atoms with E-state index in [1.54, 1.807) is 31.2 Å². The molecule has 33 heavy (non-hydrogen) atoms. The van der Waals surface area contributed by atoms with Crippen molar-refractivity contribution >= 4 is 46.6 Å². The van der Waals surface area contributed by atoms with Crippen molar-refractivity contribution in [3.8, 4) is 6.07 Å². The number of hydrogen-bond acceptors (Lipinski definition) is 7. The lowest BCUT2D eigenvalue weighted by Crippen LogP contribution is -2.36. The van der Waals surface area contributed by atoms with Crippen LogP contribution in [0.2, 0.25) is 0 Å². The van der Waals surface area contributed by atoms with E-state index in [2.05, 4.69) is 30.4 Å². The minimum Gasteiger partial charge on any atom is -0.606 e. The molecule has 0 saturated carbocycles. The van der Waals surface area contributed by atoms with Crippen molar-refractivity contribution < 1.29 is 28.4 Å². The number of hydrogen-bond donors (Lipinski definition) is 3. The van der Waals surface area contributed by atoms with Crippen LogP contribution >= 0.6 is 0 Å². The third-order valence-corrected chi connectivity index (χ3v) is 5.42. The zero-order valence-corrected chi connectivity index (χ0v) is 18.8. The van der Waals surface area contributed by atoms with Crippen molar-refractivity contribution in [2.24, 2.45) is 4.99 Å². The van der Waals surface area contributed by atoms with Crippen molar-refractivity contribution in [2.75, 3.05) is 24.9 Å². The monoisotopic (exact) mass is 471 g/mol. The molecule has 0 spiro atoms. The fraction of sp³-hybridized carbons (Fsp3) is 0.190. The average molecular weight is 471 g/mol. The van der Waals surface area contributed by atoms with Crippen molar-refractivity contribution in [1.82, 2.24) is 5.32 Å². The lowest BCUT2D eigenvalue weighted by molar-refractivity contribution is -0.115. The Hall–Kier alpha value is -4.08. The highest BCUT2D eigenvalue weighted by atomic mass is 32.2. The number of rotatable bonds is 5. The van der Waals surface area contributed by atoms with Crippen LogP contribution in [-0.2, 0) is 25.4 Å². The molecule has 0 saturated heterocycles. The summed E-state index contributed by atoms with van der Waals surface area (Å²) in [6.45, 7) is 1.66. The van der Waals surface area contributed by atoms with Gasteiger partial charge in [0.15, 0.2) is 9.79 Å². The summed E-state index contributed by atoms with van der Waals surface area (Å²) in [6, 6.07) is 12.8. The second kappa shape index (κ2) is 12.1. The summed E-state index contributed by atoms with van der Waals surface area (Å²) >= 11 is -1.61. The van der Waals surface area contributed by atoms with Crippen LogP contribution in [0, 0.1) is 11.3 Å². The van der Waals surface area contributed by atoms with Gasteiger partial charge in [-0.1, -0.05) is 6.92 Å². The van der Waals surface area contributed by atoms with Gasteiger partial charge in [-0.05, 0) is 36.4 Å². The van der Waals surface area contributed by atoms with Gasteiger partial charge in [0.05, 0.1) is 37.2 Å². The topological polar surface area (TPSA) is 165 Å². The highest BCUT2D eigenvalue weighted by Gasteiger charge is 2.19. The third kappa shape index (κ3) is 7.23. The quantitative estimate of drug-likeness (QED) is 0.340. The number of carbonyl (C=O) groups is 3. The molecule has 0 aliphatic rings. The second-order valence-corrected chi connectivity index (χ2v) is 7.67. The smallest absolute Gasteiger partial charge is 0.436 e. The summed E-state index contributed by atoms with van der Waals surface area (Å²) in [5, 5.41) is 16.5. The predicted octanol–water partition coefficient (Wildman–Crippen LogP) is 2.96. The number of benzene rings is 2. The molecule has 0 fully saturated rings. The van der Waals surface area contributed by atoms with Crippen LogP contribution in [0.5, 0.6) is 0 Å². The Balaban J connectivity index is 2.43. The number of anilines is 2. The van der Waals surface area contributed by atoms with Gasteiger partial charge in [-0.3, -0.25) is 10.1 Å². The first-order valence-corrected chi connectivity index (χ1v) is 10.6. The Morgan fingerprint density at radius 3 is 2.27 bits per heavy atom. The van der Waals surface area contributed by atoms with Crippen LogP contribution in [0.25, 0.3) is 0 Å². The molecule has 2 aromatic carbocycles. The third-order valence-electron chi connectivity index (χ3n) is 4.03. The van der Waals surface area contributed by atoms with Gasteiger partial charge in [-0.2, -0.15) is 5.26 Å². The molecule has 11 nitrogen and oxygen atoms in total. The SMILES string of the molecule is CCC(=O)Nc1cc([S+]([O-])c2ccc(C#N)cc2)ccc1NC(=NC(=O)OC)NC(=O)OC. The molecule has 3 amide bonds. The fourth-order valence-corrected chi connectivity index (χ4v) is 3.45. The number of guanidine groups is 1. The second-order valence-electron chi connectivity index (χ2n) is 6.19. The fourth-order valence-electron chi connectivity index (χ4n) is 2.38. The summed E-state index contributed by atoms with van der Waals surface area (Å²) in [6.07, 6.45) is -1.72. The number of nitrogens with one attached hydrogen (secondary N) is 3. The molecule has 0 aromatic heterocycles. The van der Waals surface area contributed by atoms with E-state index in [1.165, 1.54) is 18.2 Å². The molecule has 2 aromatic rings. The zero-order chi connectivity index (χ0) is 24.4. The first-order valence-electron chi connectivity index (χ1n) is 9.45. The Labute approximate surface area is 193 Å². The maximum Gasteiger partial charge on any atom is 0.436 e. The van der Waals surface area contributed by atoms with E-state index in [0.717, 1.165) is 14.2 Å². The van der Waals surface area contributed by atoms with E-state index >= 15 is 0 Å². The molecule has 0 aliphatic heterocycles.